The molecule has 114 valence electrons. The Hall–Kier alpha value is -1.64. The SMILES string of the molecule is CC=COc1ccc(C2CCC(C=CC)CC2)c(F)c1F. The van der Waals surface area contributed by atoms with Crippen molar-refractivity contribution in [3.8, 4) is 5.75 Å². The molecule has 1 fully saturated rings. The number of halogens is 2. The van der Waals surface area contributed by atoms with E-state index in [1.165, 1.54) is 12.3 Å². The largest absolute Gasteiger partial charge is 0.462 e. The van der Waals surface area contributed by atoms with Gasteiger partial charge in [-0.3, -0.25) is 0 Å². The van der Waals surface area contributed by atoms with Gasteiger partial charge in [0.25, 0.3) is 0 Å². The molecule has 21 heavy (non-hydrogen) atoms. The molecule has 0 heterocycles. The summed E-state index contributed by atoms with van der Waals surface area (Å²) in [7, 11) is 0. The predicted molar refractivity (Wildman–Crippen MR) is 81.3 cm³/mol. The molecule has 0 unspecified atom stereocenters. The topological polar surface area (TPSA) is 9.23 Å². The van der Waals surface area contributed by atoms with E-state index in [1.54, 1.807) is 19.1 Å². The van der Waals surface area contributed by atoms with Gasteiger partial charge in [0.05, 0.1) is 6.26 Å². The summed E-state index contributed by atoms with van der Waals surface area (Å²) >= 11 is 0. The van der Waals surface area contributed by atoms with Gasteiger partial charge in [-0.05, 0) is 63.0 Å². The first-order valence-electron chi connectivity index (χ1n) is 7.55. The molecule has 0 spiro atoms. The van der Waals surface area contributed by atoms with E-state index in [9.17, 15) is 8.78 Å². The van der Waals surface area contributed by atoms with Gasteiger partial charge in [-0.25, -0.2) is 4.39 Å². The van der Waals surface area contributed by atoms with Crippen LogP contribution >= 0.6 is 0 Å². The Morgan fingerprint density at radius 1 is 1.00 bits per heavy atom. The maximum atomic E-state index is 14.2. The normalized spacial score (nSPS) is 23.0. The molecule has 0 aliphatic heterocycles. The van der Waals surface area contributed by atoms with Crippen LogP contribution in [0.4, 0.5) is 8.78 Å². The maximum Gasteiger partial charge on any atom is 0.201 e. The molecular formula is C18H22F2O. The molecule has 0 saturated heterocycles. The molecule has 0 radical (unpaired) electrons. The minimum Gasteiger partial charge on any atom is -0.462 e. The average Bonchev–Trinajstić information content (AvgIpc) is 2.50. The van der Waals surface area contributed by atoms with Crippen molar-refractivity contribution in [3.05, 3.63) is 53.8 Å². The summed E-state index contributed by atoms with van der Waals surface area (Å²) in [5.74, 6) is -1.02. The minimum absolute atomic E-state index is 0.0584. The van der Waals surface area contributed by atoms with Crippen molar-refractivity contribution in [2.24, 2.45) is 5.92 Å². The lowest BCUT2D eigenvalue weighted by Gasteiger charge is -2.27. The summed E-state index contributed by atoms with van der Waals surface area (Å²) in [5.41, 5.74) is 0.485. The number of benzene rings is 1. The summed E-state index contributed by atoms with van der Waals surface area (Å²) in [5, 5.41) is 0. The van der Waals surface area contributed by atoms with Crippen LogP contribution in [0.3, 0.4) is 0 Å². The lowest BCUT2D eigenvalue weighted by molar-refractivity contribution is 0.358. The van der Waals surface area contributed by atoms with Gasteiger partial charge in [0.2, 0.25) is 5.82 Å². The third kappa shape index (κ3) is 3.72. The number of hydrogen-bond acceptors (Lipinski definition) is 1. The zero-order chi connectivity index (χ0) is 15.2. The Kier molecular flexibility index (Phi) is 5.54. The number of ether oxygens (including phenoxy) is 1. The van der Waals surface area contributed by atoms with Crippen LogP contribution in [-0.2, 0) is 0 Å². The fourth-order valence-electron chi connectivity index (χ4n) is 2.99. The minimum atomic E-state index is -0.888. The summed E-state index contributed by atoms with van der Waals surface area (Å²) in [6.45, 7) is 3.77. The van der Waals surface area contributed by atoms with Crippen LogP contribution < -0.4 is 4.74 Å². The zero-order valence-electron chi connectivity index (χ0n) is 12.6. The summed E-state index contributed by atoms with van der Waals surface area (Å²) in [6, 6.07) is 3.18. The highest BCUT2D eigenvalue weighted by Crippen LogP contribution is 2.39. The van der Waals surface area contributed by atoms with Crippen molar-refractivity contribution in [3.63, 3.8) is 0 Å². The molecule has 1 saturated carbocycles. The molecule has 0 atom stereocenters. The summed E-state index contributed by atoms with van der Waals surface area (Å²) in [4.78, 5) is 0. The van der Waals surface area contributed by atoms with E-state index in [0.29, 0.717) is 11.5 Å². The number of hydrogen-bond donors (Lipinski definition) is 0. The van der Waals surface area contributed by atoms with E-state index >= 15 is 0 Å². The smallest absolute Gasteiger partial charge is 0.201 e. The third-order valence-electron chi connectivity index (χ3n) is 4.08. The van der Waals surface area contributed by atoms with Gasteiger partial charge in [-0.2, -0.15) is 4.39 Å². The Labute approximate surface area is 125 Å². The van der Waals surface area contributed by atoms with Crippen LogP contribution in [0.5, 0.6) is 5.75 Å². The van der Waals surface area contributed by atoms with Crippen LogP contribution in [-0.4, -0.2) is 0 Å². The molecule has 1 aliphatic rings. The van der Waals surface area contributed by atoms with Crippen molar-refractivity contribution < 1.29 is 13.5 Å². The van der Waals surface area contributed by atoms with Gasteiger partial charge in [-0.15, -0.1) is 0 Å². The molecule has 0 amide bonds. The van der Waals surface area contributed by atoms with E-state index in [0.717, 1.165) is 25.7 Å². The van der Waals surface area contributed by atoms with Crippen LogP contribution in [0.1, 0.15) is 51.0 Å². The highest BCUT2D eigenvalue weighted by Gasteiger charge is 2.25. The number of rotatable bonds is 4. The lowest BCUT2D eigenvalue weighted by Crippen LogP contribution is -2.13. The van der Waals surface area contributed by atoms with Gasteiger partial charge >= 0.3 is 0 Å². The molecule has 1 aromatic carbocycles. The first kappa shape index (κ1) is 15.7. The van der Waals surface area contributed by atoms with Crippen LogP contribution in [0.2, 0.25) is 0 Å². The van der Waals surface area contributed by atoms with Crippen molar-refractivity contribution >= 4 is 0 Å². The molecule has 0 aromatic heterocycles. The molecule has 0 bridgehead atoms. The van der Waals surface area contributed by atoms with Gasteiger partial charge < -0.3 is 4.74 Å². The lowest BCUT2D eigenvalue weighted by atomic mass is 9.78. The van der Waals surface area contributed by atoms with E-state index in [2.05, 4.69) is 12.2 Å². The Morgan fingerprint density at radius 2 is 1.71 bits per heavy atom. The van der Waals surface area contributed by atoms with Crippen molar-refractivity contribution in [2.75, 3.05) is 0 Å². The second-order valence-corrected chi connectivity index (χ2v) is 5.51. The fraction of sp³-hybridized carbons (Fsp3) is 0.444. The molecule has 0 N–H and O–H groups in total. The van der Waals surface area contributed by atoms with Gasteiger partial charge in [0.15, 0.2) is 11.6 Å². The Balaban J connectivity index is 2.13. The van der Waals surface area contributed by atoms with Crippen LogP contribution in [0.15, 0.2) is 36.6 Å². The summed E-state index contributed by atoms with van der Waals surface area (Å²) in [6.07, 6.45) is 11.1. The van der Waals surface area contributed by atoms with E-state index < -0.39 is 11.6 Å². The second-order valence-electron chi connectivity index (χ2n) is 5.51. The van der Waals surface area contributed by atoms with E-state index in [-0.39, 0.29) is 11.7 Å². The third-order valence-corrected chi connectivity index (χ3v) is 4.08. The second kappa shape index (κ2) is 7.39. The monoisotopic (exact) mass is 292 g/mol. The maximum absolute atomic E-state index is 14.2. The highest BCUT2D eigenvalue weighted by atomic mass is 19.2. The van der Waals surface area contributed by atoms with Gasteiger partial charge in [0.1, 0.15) is 0 Å². The first-order valence-corrected chi connectivity index (χ1v) is 7.55. The van der Waals surface area contributed by atoms with E-state index in [1.807, 2.05) is 6.92 Å². The standard InChI is InChI=1S/C18H22F2O/c1-3-5-13-6-8-14(9-7-13)15-10-11-16(21-12-4-2)18(20)17(15)19/h3-5,10-14H,6-9H2,1-2H3. The van der Waals surface area contributed by atoms with Crippen molar-refractivity contribution in [1.29, 1.82) is 0 Å². The van der Waals surface area contributed by atoms with Crippen molar-refractivity contribution in [2.45, 2.75) is 45.4 Å². The first-order chi connectivity index (χ1) is 10.2. The molecule has 1 nitrogen and oxygen atoms in total. The van der Waals surface area contributed by atoms with Crippen LogP contribution in [0, 0.1) is 17.6 Å². The molecule has 3 heteroatoms. The quantitative estimate of drug-likeness (QED) is 0.509. The molecule has 2 rings (SSSR count). The highest BCUT2D eigenvalue weighted by molar-refractivity contribution is 5.33. The predicted octanol–water partition coefficient (Wildman–Crippen LogP) is 5.73. The van der Waals surface area contributed by atoms with E-state index in [4.69, 9.17) is 4.74 Å². The molecular weight excluding hydrogens is 270 g/mol. The average molecular weight is 292 g/mol. The fourth-order valence-corrected chi connectivity index (χ4v) is 2.99. The molecule has 1 aliphatic carbocycles. The Morgan fingerprint density at radius 3 is 2.33 bits per heavy atom. The van der Waals surface area contributed by atoms with Crippen molar-refractivity contribution in [1.82, 2.24) is 0 Å². The summed E-state index contributed by atoms with van der Waals surface area (Å²) < 4.78 is 33.3. The Bertz CT molecular complexity index is 526. The van der Waals surface area contributed by atoms with Crippen LogP contribution in [0.25, 0.3) is 0 Å². The van der Waals surface area contributed by atoms with Gasteiger partial charge in [-0.1, -0.05) is 24.3 Å². The van der Waals surface area contributed by atoms with Gasteiger partial charge in [0, 0.05) is 0 Å². The zero-order valence-corrected chi connectivity index (χ0v) is 12.6. The number of allylic oxidation sites excluding steroid dienone is 3. The molecule has 1 aromatic rings.